The van der Waals surface area contributed by atoms with Gasteiger partial charge in [-0.3, -0.25) is 0 Å². The van der Waals surface area contributed by atoms with Crippen molar-refractivity contribution in [2.75, 3.05) is 13.4 Å². The fourth-order valence-corrected chi connectivity index (χ4v) is 3.99. The lowest BCUT2D eigenvalue weighted by atomic mass is 10.1. The van der Waals surface area contributed by atoms with Gasteiger partial charge in [0.2, 0.25) is 5.01 Å². The van der Waals surface area contributed by atoms with Crippen LogP contribution in [0.25, 0.3) is 21.7 Å². The first-order chi connectivity index (χ1) is 12.3. The Morgan fingerprint density at radius 1 is 1.04 bits per heavy atom. The standard InChI is InChI=1S/C18H14FNO4S2/c1-24-18(21)17-20-15(11-3-7-13(19)8-4-11)16(25-17)12-5-9-14(10-6-12)26(2,22)23/h3-10H,1-2H3. The quantitative estimate of drug-likeness (QED) is 0.633. The summed E-state index contributed by atoms with van der Waals surface area (Å²) in [6.45, 7) is 0. The van der Waals surface area contributed by atoms with Crippen molar-refractivity contribution in [1.29, 1.82) is 0 Å². The fraction of sp³-hybridized carbons (Fsp3) is 0.111. The summed E-state index contributed by atoms with van der Waals surface area (Å²) in [5.41, 5.74) is 1.84. The molecule has 0 atom stereocenters. The van der Waals surface area contributed by atoms with E-state index in [1.54, 1.807) is 24.3 Å². The summed E-state index contributed by atoms with van der Waals surface area (Å²) in [6, 6.07) is 12.1. The number of hydrogen-bond acceptors (Lipinski definition) is 6. The van der Waals surface area contributed by atoms with E-state index >= 15 is 0 Å². The summed E-state index contributed by atoms with van der Waals surface area (Å²) in [5, 5.41) is 0.161. The molecule has 8 heteroatoms. The molecule has 26 heavy (non-hydrogen) atoms. The lowest BCUT2D eigenvalue weighted by Crippen LogP contribution is -1.99. The summed E-state index contributed by atoms with van der Waals surface area (Å²) >= 11 is 1.13. The number of esters is 1. The molecule has 0 aliphatic carbocycles. The van der Waals surface area contributed by atoms with Crippen molar-refractivity contribution in [3.8, 4) is 21.7 Å². The molecule has 1 heterocycles. The Kier molecular flexibility index (Phi) is 4.88. The van der Waals surface area contributed by atoms with Crippen LogP contribution < -0.4 is 0 Å². The van der Waals surface area contributed by atoms with Crippen LogP contribution in [0.5, 0.6) is 0 Å². The molecule has 0 saturated carbocycles. The van der Waals surface area contributed by atoms with Gasteiger partial charge >= 0.3 is 5.97 Å². The summed E-state index contributed by atoms with van der Waals surface area (Å²) in [7, 11) is -2.04. The van der Waals surface area contributed by atoms with Gasteiger partial charge in [0.15, 0.2) is 9.84 Å². The topological polar surface area (TPSA) is 73.3 Å². The Bertz CT molecular complexity index is 1060. The Balaban J connectivity index is 2.14. The minimum Gasteiger partial charge on any atom is -0.464 e. The van der Waals surface area contributed by atoms with Gasteiger partial charge in [-0.1, -0.05) is 12.1 Å². The van der Waals surface area contributed by atoms with Crippen LogP contribution >= 0.6 is 11.3 Å². The molecule has 0 saturated heterocycles. The zero-order valence-corrected chi connectivity index (χ0v) is 15.5. The van der Waals surface area contributed by atoms with E-state index < -0.39 is 15.8 Å². The first-order valence-electron chi connectivity index (χ1n) is 7.45. The Morgan fingerprint density at radius 2 is 1.62 bits per heavy atom. The van der Waals surface area contributed by atoms with Crippen LogP contribution in [-0.2, 0) is 14.6 Å². The second-order valence-corrected chi connectivity index (χ2v) is 8.51. The lowest BCUT2D eigenvalue weighted by molar-refractivity contribution is 0.0600. The molecule has 0 N–H and O–H groups in total. The third kappa shape index (κ3) is 3.66. The molecule has 3 aromatic rings. The number of halogens is 1. The van der Waals surface area contributed by atoms with Gasteiger partial charge < -0.3 is 4.74 Å². The maximum Gasteiger partial charge on any atom is 0.367 e. The number of aromatic nitrogens is 1. The highest BCUT2D eigenvalue weighted by atomic mass is 32.2. The van der Waals surface area contributed by atoms with Gasteiger partial charge in [0.1, 0.15) is 5.82 Å². The Hall–Kier alpha value is -2.58. The van der Waals surface area contributed by atoms with E-state index in [2.05, 4.69) is 4.98 Å². The van der Waals surface area contributed by atoms with E-state index in [4.69, 9.17) is 4.74 Å². The fourth-order valence-electron chi connectivity index (χ4n) is 2.35. The highest BCUT2D eigenvalue weighted by molar-refractivity contribution is 7.90. The third-order valence-electron chi connectivity index (χ3n) is 3.65. The van der Waals surface area contributed by atoms with Crippen LogP contribution in [0.1, 0.15) is 9.80 Å². The first-order valence-corrected chi connectivity index (χ1v) is 10.2. The van der Waals surface area contributed by atoms with Crippen LogP contribution in [0.3, 0.4) is 0 Å². The molecule has 0 unspecified atom stereocenters. The molecule has 0 bridgehead atoms. The third-order valence-corrected chi connectivity index (χ3v) is 5.86. The largest absolute Gasteiger partial charge is 0.464 e. The molecule has 2 aromatic carbocycles. The van der Waals surface area contributed by atoms with Crippen molar-refractivity contribution in [2.45, 2.75) is 4.90 Å². The molecule has 0 aliphatic rings. The monoisotopic (exact) mass is 391 g/mol. The normalized spacial score (nSPS) is 11.3. The number of methoxy groups -OCH3 is 1. The molecule has 0 aliphatic heterocycles. The summed E-state index contributed by atoms with van der Waals surface area (Å²) in [6.07, 6.45) is 1.13. The zero-order chi connectivity index (χ0) is 18.9. The summed E-state index contributed by atoms with van der Waals surface area (Å²) in [4.78, 5) is 17.1. The average molecular weight is 391 g/mol. The number of carbonyl (C=O) groups is 1. The molecule has 0 radical (unpaired) electrons. The van der Waals surface area contributed by atoms with Gasteiger partial charge in [-0.25, -0.2) is 22.6 Å². The number of benzene rings is 2. The van der Waals surface area contributed by atoms with Gasteiger partial charge in [0, 0.05) is 11.8 Å². The van der Waals surface area contributed by atoms with Crippen LogP contribution in [0, 0.1) is 5.82 Å². The summed E-state index contributed by atoms with van der Waals surface area (Å²) in [5.74, 6) is -0.950. The van der Waals surface area contributed by atoms with E-state index in [0.717, 1.165) is 17.6 Å². The Labute approximate surface area is 154 Å². The number of thiazole rings is 1. The predicted octanol–water partition coefficient (Wildman–Crippen LogP) is 3.81. The average Bonchev–Trinajstić information content (AvgIpc) is 3.06. The number of nitrogens with zero attached hydrogens (tertiary/aromatic N) is 1. The minimum absolute atomic E-state index is 0.161. The molecule has 0 fully saturated rings. The number of hydrogen-bond donors (Lipinski definition) is 0. The van der Waals surface area contributed by atoms with Crippen molar-refractivity contribution in [2.24, 2.45) is 0 Å². The number of ether oxygens (including phenoxy) is 1. The summed E-state index contributed by atoms with van der Waals surface area (Å²) < 4.78 is 41.2. The minimum atomic E-state index is -3.31. The molecule has 1 aromatic heterocycles. The van der Waals surface area contributed by atoms with E-state index in [0.29, 0.717) is 21.7 Å². The van der Waals surface area contributed by atoms with Gasteiger partial charge in [0.25, 0.3) is 0 Å². The maximum absolute atomic E-state index is 13.2. The molecule has 134 valence electrons. The predicted molar refractivity (Wildman–Crippen MR) is 97.4 cm³/mol. The maximum atomic E-state index is 13.2. The van der Waals surface area contributed by atoms with Crippen LogP contribution in [0.2, 0.25) is 0 Å². The van der Waals surface area contributed by atoms with Gasteiger partial charge in [-0.05, 0) is 42.0 Å². The van der Waals surface area contributed by atoms with E-state index in [9.17, 15) is 17.6 Å². The second-order valence-electron chi connectivity index (χ2n) is 5.49. The number of carbonyl (C=O) groups excluding carboxylic acids is 1. The van der Waals surface area contributed by atoms with Crippen LogP contribution in [0.15, 0.2) is 53.4 Å². The van der Waals surface area contributed by atoms with Crippen molar-refractivity contribution >= 4 is 27.1 Å². The van der Waals surface area contributed by atoms with Crippen LogP contribution in [0.4, 0.5) is 4.39 Å². The van der Waals surface area contributed by atoms with Gasteiger partial charge in [-0.2, -0.15) is 0 Å². The SMILES string of the molecule is COC(=O)c1nc(-c2ccc(F)cc2)c(-c2ccc(S(C)(=O)=O)cc2)s1. The Morgan fingerprint density at radius 3 is 2.15 bits per heavy atom. The molecule has 5 nitrogen and oxygen atoms in total. The van der Waals surface area contributed by atoms with E-state index in [1.165, 1.54) is 31.4 Å². The molecule has 3 rings (SSSR count). The highest BCUT2D eigenvalue weighted by Crippen LogP contribution is 2.37. The van der Waals surface area contributed by atoms with Crippen molar-refractivity contribution in [3.05, 3.63) is 59.4 Å². The van der Waals surface area contributed by atoms with Crippen LogP contribution in [-0.4, -0.2) is 32.7 Å². The van der Waals surface area contributed by atoms with E-state index in [1.807, 2.05) is 0 Å². The van der Waals surface area contributed by atoms with Gasteiger partial charge in [-0.15, -0.1) is 11.3 Å². The molecular formula is C18H14FNO4S2. The number of sulfone groups is 1. The van der Waals surface area contributed by atoms with Crippen molar-refractivity contribution < 1.29 is 22.3 Å². The smallest absolute Gasteiger partial charge is 0.367 e. The van der Waals surface area contributed by atoms with Crippen molar-refractivity contribution in [1.82, 2.24) is 4.98 Å². The first kappa shape index (κ1) is 18.2. The van der Waals surface area contributed by atoms with E-state index in [-0.39, 0.29) is 15.7 Å². The second kappa shape index (κ2) is 6.97. The molecule has 0 spiro atoms. The molecular weight excluding hydrogens is 377 g/mol. The lowest BCUT2D eigenvalue weighted by Gasteiger charge is -2.04. The van der Waals surface area contributed by atoms with Gasteiger partial charge in [0.05, 0.1) is 22.6 Å². The van der Waals surface area contributed by atoms with Crippen molar-refractivity contribution in [3.63, 3.8) is 0 Å². The number of rotatable bonds is 4. The highest BCUT2D eigenvalue weighted by Gasteiger charge is 2.20. The molecule has 0 amide bonds. The zero-order valence-electron chi connectivity index (χ0n) is 13.9.